The van der Waals surface area contributed by atoms with Crippen molar-refractivity contribution in [3.63, 3.8) is 0 Å². The van der Waals surface area contributed by atoms with E-state index in [0.29, 0.717) is 6.54 Å². The normalized spacial score (nSPS) is 19.1. The maximum Gasteiger partial charge on any atom is 0.266 e. The third-order valence-corrected chi connectivity index (χ3v) is 6.03. The molecule has 0 N–H and O–H groups in total. The van der Waals surface area contributed by atoms with Crippen LogP contribution in [0.25, 0.3) is 11.3 Å². The molecule has 0 aromatic carbocycles. The number of likely N-dealkylation sites (N-methyl/N-ethyl adjacent to an activating group) is 1. The molecule has 1 fully saturated rings. The predicted octanol–water partition coefficient (Wildman–Crippen LogP) is 1.75. The average Bonchev–Trinajstić information content (AvgIpc) is 3.23. The summed E-state index contributed by atoms with van der Waals surface area (Å²) in [5.41, 5.74) is 3.95. The molecule has 3 aromatic heterocycles. The monoisotopic (exact) mass is 403 g/mol. The molecule has 8 heteroatoms. The molecule has 30 heavy (non-hydrogen) atoms. The maximum absolute atomic E-state index is 12.5. The van der Waals surface area contributed by atoms with Crippen molar-refractivity contribution in [3.05, 3.63) is 64.6 Å². The topological polar surface area (TPSA) is 80.0 Å². The van der Waals surface area contributed by atoms with Crippen LogP contribution in [0, 0.1) is 0 Å². The number of fused-ring (bicyclic) bond motifs is 1. The minimum absolute atomic E-state index is 0.0843. The second-order valence-electron chi connectivity index (χ2n) is 8.08. The highest BCUT2D eigenvalue weighted by atomic mass is 16.1. The standard InChI is InChI=1S/C22H25N7O/c1-27-11-8-20-18(14-27)22(25-15-24-20)28-10-3-5-17(28)13-29-21(30)7-6-19(26-29)16-4-2-9-23-12-16/h2,4,6-7,9,12,15,17H,3,5,8,10-11,13-14H2,1H3. The van der Waals surface area contributed by atoms with Gasteiger partial charge >= 0.3 is 0 Å². The Kier molecular flexibility index (Phi) is 5.00. The first-order valence-electron chi connectivity index (χ1n) is 10.5. The lowest BCUT2D eigenvalue weighted by Crippen LogP contribution is -2.39. The lowest BCUT2D eigenvalue weighted by atomic mass is 10.1. The van der Waals surface area contributed by atoms with Crippen LogP contribution in [0.3, 0.4) is 0 Å². The van der Waals surface area contributed by atoms with Crippen molar-refractivity contribution in [2.75, 3.05) is 25.0 Å². The zero-order chi connectivity index (χ0) is 20.5. The van der Waals surface area contributed by atoms with Crippen LogP contribution < -0.4 is 10.5 Å². The number of hydrogen-bond donors (Lipinski definition) is 0. The van der Waals surface area contributed by atoms with Crippen LogP contribution in [0.5, 0.6) is 0 Å². The molecule has 5 rings (SSSR count). The van der Waals surface area contributed by atoms with Gasteiger partial charge in [-0.25, -0.2) is 14.6 Å². The molecular formula is C22H25N7O. The van der Waals surface area contributed by atoms with Crippen molar-refractivity contribution in [1.82, 2.24) is 29.6 Å². The van der Waals surface area contributed by atoms with Gasteiger partial charge in [0, 0.05) is 55.6 Å². The fourth-order valence-electron chi connectivity index (χ4n) is 4.46. The molecule has 0 saturated carbocycles. The second-order valence-corrected chi connectivity index (χ2v) is 8.08. The molecule has 2 aliphatic heterocycles. The molecule has 0 aliphatic carbocycles. The van der Waals surface area contributed by atoms with Gasteiger partial charge in [0.05, 0.1) is 24.0 Å². The highest BCUT2D eigenvalue weighted by molar-refractivity contribution is 5.56. The minimum Gasteiger partial charge on any atom is -0.351 e. The lowest BCUT2D eigenvalue weighted by Gasteiger charge is -2.32. The minimum atomic E-state index is -0.0843. The molecule has 2 aliphatic rings. The molecule has 8 nitrogen and oxygen atoms in total. The second kappa shape index (κ2) is 7.95. The van der Waals surface area contributed by atoms with Gasteiger partial charge in [-0.2, -0.15) is 5.10 Å². The molecule has 1 atom stereocenters. The summed E-state index contributed by atoms with van der Waals surface area (Å²) in [5, 5.41) is 4.63. The van der Waals surface area contributed by atoms with E-state index in [0.717, 1.165) is 61.7 Å². The summed E-state index contributed by atoms with van der Waals surface area (Å²) in [5.74, 6) is 1.02. The number of nitrogens with zero attached hydrogens (tertiary/aromatic N) is 7. The summed E-state index contributed by atoms with van der Waals surface area (Å²) in [4.78, 5) is 30.5. The fourth-order valence-corrected chi connectivity index (χ4v) is 4.46. The zero-order valence-electron chi connectivity index (χ0n) is 17.1. The van der Waals surface area contributed by atoms with Crippen molar-refractivity contribution in [2.24, 2.45) is 0 Å². The Labute approximate surface area is 175 Å². The van der Waals surface area contributed by atoms with Gasteiger partial charge in [0.1, 0.15) is 12.1 Å². The maximum atomic E-state index is 12.5. The van der Waals surface area contributed by atoms with Crippen molar-refractivity contribution >= 4 is 5.82 Å². The molecule has 0 bridgehead atoms. The fraction of sp³-hybridized carbons (Fsp3) is 0.409. The summed E-state index contributed by atoms with van der Waals surface area (Å²) in [6, 6.07) is 7.37. The van der Waals surface area contributed by atoms with E-state index in [1.807, 2.05) is 12.1 Å². The van der Waals surface area contributed by atoms with Gasteiger partial charge in [-0.05, 0) is 38.1 Å². The quantitative estimate of drug-likeness (QED) is 0.657. The molecule has 3 aromatic rings. The predicted molar refractivity (Wildman–Crippen MR) is 114 cm³/mol. The van der Waals surface area contributed by atoms with Crippen LogP contribution in [-0.2, 0) is 19.5 Å². The first kappa shape index (κ1) is 18.9. The third-order valence-electron chi connectivity index (χ3n) is 6.03. The number of anilines is 1. The van der Waals surface area contributed by atoms with Crippen LogP contribution in [0.15, 0.2) is 47.8 Å². The largest absolute Gasteiger partial charge is 0.351 e. The van der Waals surface area contributed by atoms with Gasteiger partial charge < -0.3 is 9.80 Å². The van der Waals surface area contributed by atoms with Crippen LogP contribution in [-0.4, -0.2) is 55.8 Å². The lowest BCUT2D eigenvalue weighted by molar-refractivity contribution is 0.309. The summed E-state index contributed by atoms with van der Waals surface area (Å²) in [6.45, 7) is 3.37. The van der Waals surface area contributed by atoms with E-state index in [1.54, 1.807) is 35.5 Å². The van der Waals surface area contributed by atoms with E-state index in [2.05, 4.69) is 36.9 Å². The Morgan fingerprint density at radius 2 is 2.10 bits per heavy atom. The van der Waals surface area contributed by atoms with E-state index in [1.165, 1.54) is 5.56 Å². The molecule has 154 valence electrons. The first-order chi connectivity index (χ1) is 14.7. The summed E-state index contributed by atoms with van der Waals surface area (Å²) in [6.07, 6.45) is 8.23. The van der Waals surface area contributed by atoms with Crippen LogP contribution in [0.4, 0.5) is 5.82 Å². The van der Waals surface area contributed by atoms with Crippen molar-refractivity contribution in [2.45, 2.75) is 38.4 Å². The number of hydrogen-bond acceptors (Lipinski definition) is 7. The first-order valence-corrected chi connectivity index (χ1v) is 10.5. The summed E-state index contributed by atoms with van der Waals surface area (Å²) < 4.78 is 1.59. The van der Waals surface area contributed by atoms with Gasteiger partial charge in [0.25, 0.3) is 5.56 Å². The van der Waals surface area contributed by atoms with Gasteiger partial charge in [-0.3, -0.25) is 9.78 Å². The zero-order valence-corrected chi connectivity index (χ0v) is 17.1. The SMILES string of the molecule is CN1CCc2ncnc(N3CCCC3Cn3nc(-c4cccnc4)ccc3=O)c2C1. The Hall–Kier alpha value is -3.13. The van der Waals surface area contributed by atoms with Crippen molar-refractivity contribution in [1.29, 1.82) is 0 Å². The van der Waals surface area contributed by atoms with Crippen LogP contribution in [0.2, 0.25) is 0 Å². The highest BCUT2D eigenvalue weighted by Crippen LogP contribution is 2.31. The van der Waals surface area contributed by atoms with Crippen molar-refractivity contribution < 1.29 is 0 Å². The smallest absolute Gasteiger partial charge is 0.266 e. The average molecular weight is 403 g/mol. The Balaban J connectivity index is 1.44. The number of aromatic nitrogens is 5. The molecule has 0 spiro atoms. The van der Waals surface area contributed by atoms with Gasteiger partial charge in [0.15, 0.2) is 0 Å². The van der Waals surface area contributed by atoms with E-state index in [4.69, 9.17) is 0 Å². The molecule has 0 radical (unpaired) electrons. The molecule has 1 saturated heterocycles. The van der Waals surface area contributed by atoms with Gasteiger partial charge in [-0.1, -0.05) is 0 Å². The molecular weight excluding hydrogens is 378 g/mol. The van der Waals surface area contributed by atoms with E-state index >= 15 is 0 Å². The molecule has 0 amide bonds. The van der Waals surface area contributed by atoms with E-state index in [9.17, 15) is 4.79 Å². The summed E-state index contributed by atoms with van der Waals surface area (Å²) in [7, 11) is 2.13. The summed E-state index contributed by atoms with van der Waals surface area (Å²) >= 11 is 0. The van der Waals surface area contributed by atoms with E-state index in [-0.39, 0.29) is 11.6 Å². The molecule has 1 unspecified atom stereocenters. The highest BCUT2D eigenvalue weighted by Gasteiger charge is 2.30. The number of pyridine rings is 1. The van der Waals surface area contributed by atoms with Crippen LogP contribution in [0.1, 0.15) is 24.1 Å². The van der Waals surface area contributed by atoms with Gasteiger partial charge in [0.2, 0.25) is 0 Å². The Bertz CT molecular complexity index is 1100. The third kappa shape index (κ3) is 3.59. The molecule has 5 heterocycles. The van der Waals surface area contributed by atoms with Gasteiger partial charge in [-0.15, -0.1) is 0 Å². The number of rotatable bonds is 4. The Morgan fingerprint density at radius 1 is 1.17 bits per heavy atom. The van der Waals surface area contributed by atoms with Crippen LogP contribution >= 0.6 is 0 Å². The van der Waals surface area contributed by atoms with Crippen molar-refractivity contribution in [3.8, 4) is 11.3 Å². The Morgan fingerprint density at radius 3 is 2.97 bits per heavy atom. The van der Waals surface area contributed by atoms with E-state index < -0.39 is 0 Å².